The van der Waals surface area contributed by atoms with Crippen LogP contribution in [0.15, 0.2) is 54.7 Å². The maximum Gasteiger partial charge on any atom is 0.246 e. The molecule has 4 rings (SSSR count). The molecule has 0 saturated heterocycles. The first-order chi connectivity index (χ1) is 15.4. The molecule has 32 heavy (non-hydrogen) atoms. The number of fused-ring (bicyclic) bond motifs is 2. The summed E-state index contributed by atoms with van der Waals surface area (Å²) in [6.45, 7) is 1.42. The second-order valence-corrected chi connectivity index (χ2v) is 8.00. The van der Waals surface area contributed by atoms with Gasteiger partial charge in [0.15, 0.2) is 0 Å². The van der Waals surface area contributed by atoms with Gasteiger partial charge in [-0.15, -0.1) is 0 Å². The van der Waals surface area contributed by atoms with Gasteiger partial charge in [0.1, 0.15) is 11.6 Å². The molecule has 1 aliphatic heterocycles. The molecule has 0 saturated carbocycles. The molecule has 1 aliphatic rings. The number of likely N-dealkylation sites (N-methyl/N-ethyl adjacent to an activating group) is 2. The van der Waals surface area contributed by atoms with Crippen LogP contribution in [0.2, 0.25) is 0 Å². The van der Waals surface area contributed by atoms with E-state index < -0.39 is 0 Å². The predicted molar refractivity (Wildman–Crippen MR) is 125 cm³/mol. The molecule has 2 aromatic carbocycles. The van der Waals surface area contributed by atoms with E-state index in [0.717, 1.165) is 33.2 Å². The Bertz CT molecular complexity index is 1210. The summed E-state index contributed by atoms with van der Waals surface area (Å²) in [5, 5.41) is 4.90. The van der Waals surface area contributed by atoms with Gasteiger partial charge in [-0.1, -0.05) is 30.3 Å². The first-order valence-corrected chi connectivity index (χ1v) is 10.4. The van der Waals surface area contributed by atoms with Gasteiger partial charge in [0, 0.05) is 43.4 Å². The average Bonchev–Trinajstić information content (AvgIpc) is 2.93. The van der Waals surface area contributed by atoms with Crippen LogP contribution < -0.4 is 10.1 Å². The topological polar surface area (TPSA) is 74.8 Å². The van der Waals surface area contributed by atoms with E-state index in [1.54, 1.807) is 37.4 Å². The summed E-state index contributed by atoms with van der Waals surface area (Å²) >= 11 is 0. The van der Waals surface area contributed by atoms with Gasteiger partial charge in [-0.2, -0.15) is 0 Å². The molecule has 0 fully saturated rings. The van der Waals surface area contributed by atoms with E-state index >= 15 is 0 Å². The summed E-state index contributed by atoms with van der Waals surface area (Å²) in [7, 11) is 5.33. The normalized spacial score (nSPS) is 14.2. The molecule has 0 unspecified atom stereocenters. The third-order valence-corrected chi connectivity index (χ3v) is 5.50. The van der Waals surface area contributed by atoms with E-state index in [1.165, 1.54) is 0 Å². The second kappa shape index (κ2) is 9.20. The van der Waals surface area contributed by atoms with Gasteiger partial charge >= 0.3 is 0 Å². The highest BCUT2D eigenvalue weighted by atomic mass is 16.5. The zero-order chi connectivity index (χ0) is 22.7. The van der Waals surface area contributed by atoms with Gasteiger partial charge in [-0.3, -0.25) is 14.5 Å². The summed E-state index contributed by atoms with van der Waals surface area (Å²) in [6, 6.07) is 13.9. The summed E-state index contributed by atoms with van der Waals surface area (Å²) in [4.78, 5) is 32.5. The molecule has 7 nitrogen and oxygen atoms in total. The van der Waals surface area contributed by atoms with Crippen molar-refractivity contribution in [2.24, 2.45) is 0 Å². The van der Waals surface area contributed by atoms with Crippen LogP contribution in [0.25, 0.3) is 16.8 Å². The Morgan fingerprint density at radius 1 is 1.22 bits per heavy atom. The number of hydrogen-bond donors (Lipinski definition) is 1. The number of rotatable bonds is 5. The molecular weight excluding hydrogens is 404 g/mol. The maximum atomic E-state index is 12.7. The third kappa shape index (κ3) is 4.63. The zero-order valence-corrected chi connectivity index (χ0v) is 18.5. The van der Waals surface area contributed by atoms with E-state index in [1.807, 2.05) is 54.4 Å². The molecule has 0 atom stereocenters. The Morgan fingerprint density at radius 2 is 2.00 bits per heavy atom. The minimum atomic E-state index is -0.106. The first-order valence-electron chi connectivity index (χ1n) is 10.4. The highest BCUT2D eigenvalue weighted by Gasteiger charge is 2.17. The summed E-state index contributed by atoms with van der Waals surface area (Å²) in [5.74, 6) is 1.21. The van der Waals surface area contributed by atoms with Crippen molar-refractivity contribution in [2.45, 2.75) is 13.1 Å². The fourth-order valence-electron chi connectivity index (χ4n) is 3.89. The number of anilines is 1. The Kier molecular flexibility index (Phi) is 6.18. The number of carbonyl (C=O) groups is 2. The quantitative estimate of drug-likeness (QED) is 0.629. The van der Waals surface area contributed by atoms with Crippen molar-refractivity contribution in [3.05, 3.63) is 71.4 Å². The van der Waals surface area contributed by atoms with Crippen molar-refractivity contribution < 1.29 is 14.3 Å². The fraction of sp³-hybridized carbons (Fsp3) is 0.240. The SMILES string of the molecule is COc1ccc(CN(C)C(=O)/C=C/c2cnc3c(c2)CN(C)CC(=O)N3)c2ccccc12. The van der Waals surface area contributed by atoms with Crippen molar-refractivity contribution in [1.29, 1.82) is 0 Å². The van der Waals surface area contributed by atoms with Crippen molar-refractivity contribution >= 4 is 34.5 Å². The van der Waals surface area contributed by atoms with Crippen LogP contribution in [-0.2, 0) is 22.7 Å². The van der Waals surface area contributed by atoms with Crippen LogP contribution >= 0.6 is 0 Å². The summed E-state index contributed by atoms with van der Waals surface area (Å²) in [6.07, 6.45) is 4.96. The van der Waals surface area contributed by atoms with Crippen molar-refractivity contribution in [3.63, 3.8) is 0 Å². The maximum absolute atomic E-state index is 12.7. The number of hydrogen-bond acceptors (Lipinski definition) is 5. The van der Waals surface area contributed by atoms with E-state index in [2.05, 4.69) is 10.3 Å². The molecule has 1 N–H and O–H groups in total. The number of nitrogens with zero attached hydrogens (tertiary/aromatic N) is 3. The molecule has 2 amide bonds. The van der Waals surface area contributed by atoms with E-state index in [-0.39, 0.29) is 11.8 Å². The average molecular weight is 431 g/mol. The van der Waals surface area contributed by atoms with Crippen LogP contribution in [0, 0.1) is 0 Å². The lowest BCUT2D eigenvalue weighted by molar-refractivity contribution is -0.125. The standard InChI is InChI=1S/C25H26N4O3/c1-28-14-19-12-17(13-26-25(19)27-23(30)16-28)8-11-24(31)29(2)15-18-9-10-22(32-3)21-7-5-4-6-20(18)21/h4-13H,14-16H2,1-3H3,(H,26,27,30)/b11-8+. The lowest BCUT2D eigenvalue weighted by Crippen LogP contribution is -2.26. The number of ether oxygens (including phenoxy) is 1. The number of carbonyl (C=O) groups excluding carboxylic acids is 2. The van der Waals surface area contributed by atoms with Crippen molar-refractivity contribution in [1.82, 2.24) is 14.8 Å². The van der Waals surface area contributed by atoms with Gasteiger partial charge in [-0.25, -0.2) is 4.98 Å². The van der Waals surface area contributed by atoms with Gasteiger partial charge < -0.3 is 15.0 Å². The van der Waals surface area contributed by atoms with E-state index in [0.29, 0.717) is 25.5 Å². The summed E-state index contributed by atoms with van der Waals surface area (Å²) in [5.41, 5.74) is 2.78. The number of nitrogens with one attached hydrogen (secondary N) is 1. The Balaban J connectivity index is 1.49. The predicted octanol–water partition coefficient (Wildman–Crippen LogP) is 3.30. The highest BCUT2D eigenvalue weighted by Crippen LogP contribution is 2.29. The number of methoxy groups -OCH3 is 1. The second-order valence-electron chi connectivity index (χ2n) is 8.00. The number of aromatic nitrogens is 1. The van der Waals surface area contributed by atoms with Gasteiger partial charge in [0.2, 0.25) is 11.8 Å². The van der Waals surface area contributed by atoms with Gasteiger partial charge in [0.05, 0.1) is 13.7 Å². The lowest BCUT2D eigenvalue weighted by atomic mass is 10.0. The smallest absolute Gasteiger partial charge is 0.246 e. The number of benzene rings is 2. The molecule has 3 aromatic rings. The Hall–Kier alpha value is -3.71. The summed E-state index contributed by atoms with van der Waals surface area (Å²) < 4.78 is 5.46. The molecule has 1 aromatic heterocycles. The number of amides is 2. The minimum Gasteiger partial charge on any atom is -0.496 e. The lowest BCUT2D eigenvalue weighted by Gasteiger charge is -2.18. The molecule has 0 aliphatic carbocycles. The molecule has 2 heterocycles. The van der Waals surface area contributed by atoms with Crippen LogP contribution in [0.4, 0.5) is 5.82 Å². The van der Waals surface area contributed by atoms with Crippen molar-refractivity contribution in [3.8, 4) is 5.75 Å². The fourth-order valence-corrected chi connectivity index (χ4v) is 3.89. The van der Waals surface area contributed by atoms with Crippen LogP contribution in [0.3, 0.4) is 0 Å². The number of pyridine rings is 1. The van der Waals surface area contributed by atoms with Crippen LogP contribution in [-0.4, -0.2) is 54.3 Å². The van der Waals surface area contributed by atoms with Gasteiger partial charge in [0.25, 0.3) is 0 Å². The van der Waals surface area contributed by atoms with Crippen molar-refractivity contribution in [2.75, 3.05) is 33.1 Å². The first kappa shape index (κ1) is 21.5. The van der Waals surface area contributed by atoms with Crippen LogP contribution in [0.1, 0.15) is 16.7 Å². The molecule has 0 radical (unpaired) electrons. The van der Waals surface area contributed by atoms with Crippen LogP contribution in [0.5, 0.6) is 5.75 Å². The minimum absolute atomic E-state index is 0.0788. The molecule has 164 valence electrons. The van der Waals surface area contributed by atoms with E-state index in [4.69, 9.17) is 4.74 Å². The third-order valence-electron chi connectivity index (χ3n) is 5.50. The molecule has 0 bridgehead atoms. The highest BCUT2D eigenvalue weighted by molar-refractivity contribution is 5.94. The largest absolute Gasteiger partial charge is 0.496 e. The Morgan fingerprint density at radius 3 is 2.78 bits per heavy atom. The molecule has 7 heteroatoms. The molecule has 0 spiro atoms. The zero-order valence-electron chi connectivity index (χ0n) is 18.5. The molecular formula is C25H26N4O3. The Labute approximate surface area is 187 Å². The monoisotopic (exact) mass is 430 g/mol. The van der Waals surface area contributed by atoms with E-state index in [9.17, 15) is 9.59 Å². The van der Waals surface area contributed by atoms with Gasteiger partial charge in [-0.05, 0) is 41.8 Å².